The van der Waals surface area contributed by atoms with Crippen molar-refractivity contribution in [3.8, 4) is 0 Å². The number of fused-ring (bicyclic) bond motifs is 2. The molecule has 0 bridgehead atoms. The van der Waals surface area contributed by atoms with Gasteiger partial charge < -0.3 is 4.74 Å². The summed E-state index contributed by atoms with van der Waals surface area (Å²) in [5.41, 5.74) is 1.05. The highest BCUT2D eigenvalue weighted by atomic mass is 79.9. The van der Waals surface area contributed by atoms with E-state index < -0.39 is 0 Å². The summed E-state index contributed by atoms with van der Waals surface area (Å²) >= 11 is 3.77. The van der Waals surface area contributed by atoms with Crippen molar-refractivity contribution in [3.63, 3.8) is 0 Å². The Balaban J connectivity index is 1.47. The van der Waals surface area contributed by atoms with Crippen LogP contribution in [0.5, 0.6) is 0 Å². The molecule has 4 rings (SSSR count). The maximum Gasteiger partial charge on any atom is 0.309 e. The molecular formula is C27H31BrO2. The zero-order chi connectivity index (χ0) is 21.3. The molecule has 2 nitrogen and oxygen atoms in total. The summed E-state index contributed by atoms with van der Waals surface area (Å²) in [5.74, 6) is 1.57. The van der Waals surface area contributed by atoms with Crippen molar-refractivity contribution in [2.75, 3.05) is 0 Å². The highest BCUT2D eigenvalue weighted by molar-refractivity contribution is 9.10. The molecule has 0 saturated heterocycles. The number of hydrogen-bond acceptors (Lipinski definition) is 2. The summed E-state index contributed by atoms with van der Waals surface area (Å²) in [5, 5.41) is 4.76. The van der Waals surface area contributed by atoms with E-state index in [2.05, 4.69) is 78.3 Å². The minimum absolute atomic E-state index is 0.0232. The fraction of sp³-hybridized carbons (Fsp3) is 0.444. The normalized spacial score (nSPS) is 21.5. The van der Waals surface area contributed by atoms with Gasteiger partial charge in [0, 0.05) is 4.47 Å². The Labute approximate surface area is 188 Å². The minimum Gasteiger partial charge on any atom is -0.458 e. The van der Waals surface area contributed by atoms with E-state index in [4.69, 9.17) is 4.74 Å². The topological polar surface area (TPSA) is 26.3 Å². The highest BCUT2D eigenvalue weighted by Crippen LogP contribution is 2.37. The first kappa shape index (κ1) is 21.4. The quantitative estimate of drug-likeness (QED) is 0.279. The van der Waals surface area contributed by atoms with Crippen molar-refractivity contribution in [2.24, 2.45) is 17.8 Å². The van der Waals surface area contributed by atoms with Gasteiger partial charge in [-0.3, -0.25) is 4.79 Å². The molecule has 0 amide bonds. The van der Waals surface area contributed by atoms with Crippen molar-refractivity contribution in [1.82, 2.24) is 0 Å². The van der Waals surface area contributed by atoms with Gasteiger partial charge in [0.2, 0.25) is 0 Å². The molecule has 0 aliphatic heterocycles. The van der Waals surface area contributed by atoms with Crippen LogP contribution in [0.15, 0.2) is 53.0 Å². The third-order valence-corrected chi connectivity index (χ3v) is 7.99. The lowest BCUT2D eigenvalue weighted by Crippen LogP contribution is -2.26. The van der Waals surface area contributed by atoms with Crippen molar-refractivity contribution < 1.29 is 9.53 Å². The second-order valence-corrected chi connectivity index (χ2v) is 9.76. The van der Waals surface area contributed by atoms with Crippen LogP contribution >= 0.6 is 15.9 Å². The second-order valence-electron chi connectivity index (χ2n) is 8.97. The summed E-state index contributed by atoms with van der Waals surface area (Å²) in [6.07, 6.45) is 5.23. The average molecular weight is 467 g/mol. The second kappa shape index (κ2) is 9.09. The Bertz CT molecular complexity index is 1050. The Morgan fingerprint density at radius 2 is 1.70 bits per heavy atom. The van der Waals surface area contributed by atoms with Gasteiger partial charge in [-0.15, -0.1) is 0 Å². The molecule has 30 heavy (non-hydrogen) atoms. The number of ether oxygens (including phenoxy) is 1. The predicted molar refractivity (Wildman–Crippen MR) is 129 cm³/mol. The van der Waals surface area contributed by atoms with Crippen molar-refractivity contribution in [2.45, 2.75) is 59.0 Å². The van der Waals surface area contributed by atoms with Crippen LogP contribution in [0.2, 0.25) is 0 Å². The zero-order valence-corrected chi connectivity index (χ0v) is 19.7. The number of rotatable bonds is 5. The number of benzene rings is 3. The van der Waals surface area contributed by atoms with Crippen LogP contribution in [-0.4, -0.2) is 5.97 Å². The van der Waals surface area contributed by atoms with E-state index in [9.17, 15) is 4.79 Å². The first-order valence-electron chi connectivity index (χ1n) is 11.3. The largest absolute Gasteiger partial charge is 0.458 e. The van der Waals surface area contributed by atoms with Gasteiger partial charge in [0.15, 0.2) is 0 Å². The molecule has 2 unspecified atom stereocenters. The first-order valence-corrected chi connectivity index (χ1v) is 12.1. The van der Waals surface area contributed by atoms with Gasteiger partial charge in [-0.25, -0.2) is 0 Å². The monoisotopic (exact) mass is 466 g/mol. The Hall–Kier alpha value is -1.87. The highest BCUT2D eigenvalue weighted by Gasteiger charge is 2.30. The predicted octanol–water partition coefficient (Wildman–Crippen LogP) is 8.21. The van der Waals surface area contributed by atoms with Crippen LogP contribution in [0, 0.1) is 17.8 Å². The molecule has 1 saturated carbocycles. The van der Waals surface area contributed by atoms with Gasteiger partial charge in [0.05, 0.1) is 5.92 Å². The molecule has 0 N–H and O–H groups in total. The third kappa shape index (κ3) is 4.27. The van der Waals surface area contributed by atoms with Crippen LogP contribution in [0.1, 0.15) is 64.5 Å². The van der Waals surface area contributed by atoms with Gasteiger partial charge in [0.1, 0.15) is 6.10 Å². The third-order valence-electron chi connectivity index (χ3n) is 7.14. The fourth-order valence-corrected chi connectivity index (χ4v) is 5.61. The summed E-state index contributed by atoms with van der Waals surface area (Å²) in [7, 11) is 0. The molecule has 0 heterocycles. The molecule has 3 aromatic rings. The van der Waals surface area contributed by atoms with Crippen LogP contribution in [-0.2, 0) is 9.53 Å². The summed E-state index contributed by atoms with van der Waals surface area (Å²) in [4.78, 5) is 12.8. The van der Waals surface area contributed by atoms with E-state index >= 15 is 0 Å². The summed E-state index contributed by atoms with van der Waals surface area (Å²) in [6.45, 7) is 6.59. The molecule has 1 fully saturated rings. The van der Waals surface area contributed by atoms with E-state index in [0.717, 1.165) is 52.9 Å². The lowest BCUT2D eigenvalue weighted by molar-refractivity contribution is -0.155. The van der Waals surface area contributed by atoms with Crippen LogP contribution < -0.4 is 0 Å². The van der Waals surface area contributed by atoms with E-state index in [1.165, 1.54) is 22.6 Å². The molecule has 1 aliphatic carbocycles. The van der Waals surface area contributed by atoms with Gasteiger partial charge in [-0.1, -0.05) is 56.7 Å². The zero-order valence-electron chi connectivity index (χ0n) is 18.2. The number of carbonyl (C=O) groups is 1. The van der Waals surface area contributed by atoms with Gasteiger partial charge in [-0.05, 0) is 99.6 Å². The van der Waals surface area contributed by atoms with Crippen molar-refractivity contribution in [1.29, 1.82) is 0 Å². The molecule has 0 spiro atoms. The average Bonchev–Trinajstić information content (AvgIpc) is 2.78. The van der Waals surface area contributed by atoms with Crippen molar-refractivity contribution in [3.05, 3.63) is 58.6 Å². The number of halogens is 1. The van der Waals surface area contributed by atoms with Gasteiger partial charge in [0.25, 0.3) is 0 Å². The molecule has 3 aromatic carbocycles. The number of esters is 1. The Morgan fingerprint density at radius 3 is 2.43 bits per heavy atom. The van der Waals surface area contributed by atoms with Gasteiger partial charge >= 0.3 is 5.97 Å². The van der Waals surface area contributed by atoms with Crippen molar-refractivity contribution >= 4 is 43.4 Å². The summed E-state index contributed by atoms with van der Waals surface area (Å²) < 4.78 is 7.03. The lowest BCUT2D eigenvalue weighted by atomic mass is 9.75. The summed E-state index contributed by atoms with van der Waals surface area (Å²) in [6, 6.07) is 17.0. The lowest BCUT2D eigenvalue weighted by Gasteiger charge is -2.31. The number of hydrogen-bond donors (Lipinski definition) is 0. The maximum atomic E-state index is 12.8. The smallest absolute Gasteiger partial charge is 0.309 e. The standard InChI is InChI=1S/C27H31BrO2/c1-4-17(2)19-9-11-20(12-10-19)27(29)30-18(3)21-13-14-25-23(15-21)16-22-7-5-6-8-24(22)26(25)28/h5-8,13-20H,4,9-12H2,1-3H3. The molecule has 1 aliphatic rings. The SMILES string of the molecule is CCC(C)C1CCC(C(=O)OC(C)c2ccc3c(Br)c4ccccc4cc3c2)CC1. The number of carbonyl (C=O) groups excluding carboxylic acids is 1. The molecule has 158 valence electrons. The Morgan fingerprint density at radius 1 is 1.00 bits per heavy atom. The Kier molecular flexibility index (Phi) is 6.48. The molecule has 0 aromatic heterocycles. The van der Waals surface area contributed by atoms with E-state index in [1.807, 2.05) is 6.92 Å². The molecule has 0 radical (unpaired) electrons. The molecule has 3 heteroatoms. The maximum absolute atomic E-state index is 12.8. The van der Waals surface area contributed by atoms with E-state index in [-0.39, 0.29) is 18.0 Å². The van der Waals surface area contributed by atoms with Crippen LogP contribution in [0.25, 0.3) is 21.5 Å². The van der Waals surface area contributed by atoms with Crippen LogP contribution in [0.4, 0.5) is 0 Å². The van der Waals surface area contributed by atoms with E-state index in [0.29, 0.717) is 0 Å². The van der Waals surface area contributed by atoms with E-state index in [1.54, 1.807) is 0 Å². The van der Waals surface area contributed by atoms with Crippen LogP contribution in [0.3, 0.4) is 0 Å². The first-order chi connectivity index (χ1) is 14.5. The molecule has 2 atom stereocenters. The minimum atomic E-state index is -0.237. The molecular weight excluding hydrogens is 436 g/mol. The fourth-order valence-electron chi connectivity index (χ4n) is 4.88. The van der Waals surface area contributed by atoms with Gasteiger partial charge in [-0.2, -0.15) is 0 Å².